The van der Waals surface area contributed by atoms with Gasteiger partial charge in [0.05, 0.1) is 11.4 Å². The Morgan fingerprint density at radius 2 is 1.60 bits per heavy atom. The van der Waals surface area contributed by atoms with Crippen LogP contribution in [0.1, 0.15) is 0 Å². The maximum absolute atomic E-state index is 11.0. The number of carboxylic acid groups (broad SMARTS) is 2. The maximum Gasteiger partial charge on any atom is 0.422 e. The van der Waals surface area contributed by atoms with Crippen molar-refractivity contribution in [3.05, 3.63) is 42.5 Å². The predicted molar refractivity (Wildman–Crippen MR) is 72.6 cm³/mol. The number of hydrogen-bond acceptors (Lipinski definition) is 4. The normalized spacial score (nSPS) is 10.0. The van der Waals surface area contributed by atoms with Crippen LogP contribution in [0.4, 0.5) is 21.1 Å². The molecule has 0 saturated heterocycles. The molecule has 1 aromatic heterocycles. The highest BCUT2D eigenvalue weighted by Gasteiger charge is 2.26. The van der Waals surface area contributed by atoms with Crippen molar-refractivity contribution in [2.45, 2.75) is 0 Å². The summed E-state index contributed by atoms with van der Waals surface area (Å²) in [6.45, 7) is 0. The third kappa shape index (κ3) is 2.51. The van der Waals surface area contributed by atoms with E-state index in [0.717, 1.165) is 5.56 Å². The van der Waals surface area contributed by atoms with Crippen LogP contribution in [0.25, 0.3) is 11.3 Å². The average molecular weight is 273 g/mol. The maximum atomic E-state index is 11.0. The fraction of sp³-hybridized carbons (Fsp3) is 0. The third-order valence-corrected chi connectivity index (χ3v) is 2.57. The predicted octanol–water partition coefficient (Wildman–Crippen LogP) is 2.49. The van der Waals surface area contributed by atoms with E-state index >= 15 is 0 Å². The molecule has 20 heavy (non-hydrogen) atoms. The highest BCUT2D eigenvalue weighted by molar-refractivity contribution is 6.09. The minimum atomic E-state index is -1.66. The van der Waals surface area contributed by atoms with Gasteiger partial charge in [0.15, 0.2) is 5.82 Å². The van der Waals surface area contributed by atoms with Crippen LogP contribution in [0.2, 0.25) is 0 Å². The molecule has 0 aliphatic rings. The highest BCUT2D eigenvalue weighted by Crippen LogP contribution is 2.26. The standard InChI is InChI=1S/C13H11N3O4/c14-9-6-7-10(8-4-2-1-3-5-8)15-11(9)16(12(17)18)13(19)20/h1-7H,14H2,(H,17,18)(H,19,20). The number of nitrogens with two attached hydrogens (primary N) is 1. The van der Waals surface area contributed by atoms with E-state index in [0.29, 0.717) is 5.69 Å². The summed E-state index contributed by atoms with van der Waals surface area (Å²) in [5.41, 5.74) is 6.74. The van der Waals surface area contributed by atoms with E-state index in [4.69, 9.17) is 15.9 Å². The van der Waals surface area contributed by atoms with Gasteiger partial charge in [-0.25, -0.2) is 14.6 Å². The number of benzene rings is 1. The zero-order valence-corrected chi connectivity index (χ0v) is 10.2. The smallest absolute Gasteiger partial charge is 0.422 e. The van der Waals surface area contributed by atoms with Crippen molar-refractivity contribution in [3.63, 3.8) is 0 Å². The first-order valence-electron chi connectivity index (χ1n) is 5.58. The SMILES string of the molecule is Nc1ccc(-c2ccccc2)nc1N(C(=O)O)C(=O)O. The Morgan fingerprint density at radius 1 is 1.00 bits per heavy atom. The topological polar surface area (TPSA) is 117 Å². The quantitative estimate of drug-likeness (QED) is 0.773. The Morgan fingerprint density at radius 3 is 2.15 bits per heavy atom. The number of amides is 2. The molecule has 0 fully saturated rings. The van der Waals surface area contributed by atoms with E-state index in [1.165, 1.54) is 6.07 Å². The van der Waals surface area contributed by atoms with Gasteiger partial charge in [0, 0.05) is 5.56 Å². The van der Waals surface area contributed by atoms with Crippen LogP contribution in [0.15, 0.2) is 42.5 Å². The number of nitrogen functional groups attached to an aromatic ring is 1. The molecule has 0 atom stereocenters. The molecule has 0 unspecified atom stereocenters. The molecule has 1 aromatic carbocycles. The second-order valence-corrected chi connectivity index (χ2v) is 3.88. The number of nitrogens with zero attached hydrogens (tertiary/aromatic N) is 2. The number of pyridine rings is 1. The summed E-state index contributed by atoms with van der Waals surface area (Å²) in [5.74, 6) is -0.327. The Balaban J connectivity index is 2.54. The number of imide groups is 1. The molecular weight excluding hydrogens is 262 g/mol. The van der Waals surface area contributed by atoms with Crippen molar-refractivity contribution < 1.29 is 19.8 Å². The minimum absolute atomic E-state index is 0.0329. The van der Waals surface area contributed by atoms with Crippen LogP contribution in [0.5, 0.6) is 0 Å². The number of aromatic nitrogens is 1. The van der Waals surface area contributed by atoms with Gasteiger partial charge in [-0.15, -0.1) is 0 Å². The summed E-state index contributed by atoms with van der Waals surface area (Å²) in [7, 11) is 0. The van der Waals surface area contributed by atoms with Crippen molar-refractivity contribution in [2.24, 2.45) is 0 Å². The fourth-order valence-corrected chi connectivity index (χ4v) is 1.67. The Hall–Kier alpha value is -3.09. The molecule has 2 amide bonds. The molecule has 0 radical (unpaired) electrons. The summed E-state index contributed by atoms with van der Waals surface area (Å²) < 4.78 is 0. The lowest BCUT2D eigenvalue weighted by Crippen LogP contribution is -2.35. The summed E-state index contributed by atoms with van der Waals surface area (Å²) in [5, 5.41) is 17.9. The van der Waals surface area contributed by atoms with Crippen LogP contribution < -0.4 is 10.6 Å². The number of hydrogen-bond donors (Lipinski definition) is 3. The molecule has 0 aliphatic carbocycles. The second kappa shape index (κ2) is 5.27. The van der Waals surface area contributed by atoms with Crippen molar-refractivity contribution in [3.8, 4) is 11.3 Å². The van der Waals surface area contributed by atoms with Gasteiger partial charge >= 0.3 is 12.2 Å². The first-order chi connectivity index (χ1) is 9.50. The first kappa shape index (κ1) is 13.3. The molecule has 0 saturated carbocycles. The van der Waals surface area contributed by atoms with Gasteiger partial charge in [-0.05, 0) is 12.1 Å². The highest BCUT2D eigenvalue weighted by atomic mass is 16.4. The van der Waals surface area contributed by atoms with Gasteiger partial charge in [0.25, 0.3) is 0 Å². The van der Waals surface area contributed by atoms with Crippen molar-refractivity contribution in [2.75, 3.05) is 10.6 Å². The van der Waals surface area contributed by atoms with Gasteiger partial charge in [-0.2, -0.15) is 4.90 Å². The van der Waals surface area contributed by atoms with E-state index in [9.17, 15) is 9.59 Å². The van der Waals surface area contributed by atoms with Crippen LogP contribution >= 0.6 is 0 Å². The second-order valence-electron chi connectivity index (χ2n) is 3.88. The lowest BCUT2D eigenvalue weighted by atomic mass is 10.1. The van der Waals surface area contributed by atoms with Crippen molar-refractivity contribution >= 4 is 23.7 Å². The lowest BCUT2D eigenvalue weighted by Gasteiger charge is -2.15. The number of rotatable bonds is 2. The molecule has 102 valence electrons. The number of anilines is 2. The van der Waals surface area contributed by atoms with Crippen molar-refractivity contribution in [1.82, 2.24) is 4.98 Å². The zero-order chi connectivity index (χ0) is 14.7. The zero-order valence-electron chi connectivity index (χ0n) is 10.2. The van der Waals surface area contributed by atoms with Crippen LogP contribution in [0, 0.1) is 0 Å². The third-order valence-electron chi connectivity index (χ3n) is 2.57. The molecule has 4 N–H and O–H groups in total. The molecule has 0 bridgehead atoms. The van der Waals surface area contributed by atoms with E-state index < -0.39 is 12.2 Å². The molecule has 0 aliphatic heterocycles. The van der Waals surface area contributed by atoms with E-state index in [2.05, 4.69) is 4.98 Å². The molecule has 7 nitrogen and oxygen atoms in total. The Kier molecular flexibility index (Phi) is 3.52. The molecule has 7 heteroatoms. The molecule has 2 aromatic rings. The van der Waals surface area contributed by atoms with Gasteiger partial charge in [-0.1, -0.05) is 30.3 Å². The molecule has 0 spiro atoms. The van der Waals surface area contributed by atoms with Gasteiger partial charge < -0.3 is 15.9 Å². The lowest BCUT2D eigenvalue weighted by molar-refractivity contribution is 0.184. The largest absolute Gasteiger partial charge is 0.464 e. The summed E-state index contributed by atoms with van der Waals surface area (Å²) in [4.78, 5) is 26.1. The monoisotopic (exact) mass is 273 g/mol. The van der Waals surface area contributed by atoms with Crippen LogP contribution in [-0.4, -0.2) is 27.4 Å². The average Bonchev–Trinajstić information content (AvgIpc) is 2.41. The summed E-state index contributed by atoms with van der Waals surface area (Å²) >= 11 is 0. The first-order valence-corrected chi connectivity index (χ1v) is 5.58. The molecule has 2 rings (SSSR count). The van der Waals surface area contributed by atoms with Gasteiger partial charge in [-0.3, -0.25) is 0 Å². The van der Waals surface area contributed by atoms with Gasteiger partial charge in [0.1, 0.15) is 0 Å². The Bertz CT molecular complexity index is 644. The molecule has 1 heterocycles. The van der Waals surface area contributed by atoms with Crippen LogP contribution in [0.3, 0.4) is 0 Å². The van der Waals surface area contributed by atoms with Gasteiger partial charge in [0.2, 0.25) is 0 Å². The molecular formula is C13H11N3O4. The van der Waals surface area contributed by atoms with E-state index in [-0.39, 0.29) is 16.4 Å². The summed E-state index contributed by atoms with van der Waals surface area (Å²) in [6.07, 6.45) is -3.33. The van der Waals surface area contributed by atoms with Crippen LogP contribution in [-0.2, 0) is 0 Å². The minimum Gasteiger partial charge on any atom is -0.464 e. The van der Waals surface area contributed by atoms with E-state index in [1.807, 2.05) is 6.07 Å². The van der Waals surface area contributed by atoms with Crippen molar-refractivity contribution in [1.29, 1.82) is 0 Å². The summed E-state index contributed by atoms with van der Waals surface area (Å²) in [6, 6.07) is 12.0. The van der Waals surface area contributed by atoms with E-state index in [1.54, 1.807) is 30.3 Å². The fourth-order valence-electron chi connectivity index (χ4n) is 1.67. The Labute approximate surface area is 113 Å². The number of carbonyl (C=O) groups is 2.